The average Bonchev–Trinajstić information content (AvgIpc) is 2.62. The van der Waals surface area contributed by atoms with Crippen LogP contribution in [0.3, 0.4) is 0 Å². The van der Waals surface area contributed by atoms with Crippen LogP contribution < -0.4 is 5.32 Å². The van der Waals surface area contributed by atoms with Gasteiger partial charge in [0.2, 0.25) is 0 Å². The maximum Gasteiger partial charge on any atom is 0.262 e. The van der Waals surface area contributed by atoms with E-state index in [1.54, 1.807) is 0 Å². The molecular formula is C21H22ClN3O. The maximum absolute atomic E-state index is 12.6. The SMILES string of the molecule is Cc1cccc2cc(/C=C(\C#N)C(=O)N[C@H]3CCCC[C@@H]3C)c(Cl)nc12. The molecule has 1 aliphatic carbocycles. The predicted octanol–water partition coefficient (Wildman–Crippen LogP) is 4.80. The van der Waals surface area contributed by atoms with E-state index in [0.717, 1.165) is 35.7 Å². The highest BCUT2D eigenvalue weighted by Crippen LogP contribution is 2.26. The Morgan fingerprint density at radius 2 is 2.15 bits per heavy atom. The highest BCUT2D eigenvalue weighted by molar-refractivity contribution is 6.31. The molecule has 1 heterocycles. The molecule has 2 aromatic rings. The van der Waals surface area contributed by atoms with E-state index in [0.29, 0.717) is 16.6 Å². The highest BCUT2D eigenvalue weighted by atomic mass is 35.5. The van der Waals surface area contributed by atoms with E-state index in [4.69, 9.17) is 11.6 Å². The molecule has 0 unspecified atom stereocenters. The van der Waals surface area contributed by atoms with Gasteiger partial charge in [-0.1, -0.05) is 49.6 Å². The number of fused-ring (bicyclic) bond motifs is 1. The van der Waals surface area contributed by atoms with Crippen molar-refractivity contribution in [2.75, 3.05) is 0 Å². The summed E-state index contributed by atoms with van der Waals surface area (Å²) in [6.45, 7) is 4.12. The summed E-state index contributed by atoms with van der Waals surface area (Å²) in [6.07, 6.45) is 5.91. The van der Waals surface area contributed by atoms with E-state index in [9.17, 15) is 10.1 Å². The Morgan fingerprint density at radius 1 is 1.38 bits per heavy atom. The first-order chi connectivity index (χ1) is 12.5. The topological polar surface area (TPSA) is 65.8 Å². The number of pyridine rings is 1. The van der Waals surface area contributed by atoms with Gasteiger partial charge in [-0.05, 0) is 43.4 Å². The van der Waals surface area contributed by atoms with Crippen molar-refractivity contribution in [1.82, 2.24) is 10.3 Å². The fourth-order valence-corrected chi connectivity index (χ4v) is 3.72. The van der Waals surface area contributed by atoms with Gasteiger partial charge in [-0.2, -0.15) is 5.26 Å². The van der Waals surface area contributed by atoms with Crippen LogP contribution >= 0.6 is 11.6 Å². The molecule has 0 bridgehead atoms. The van der Waals surface area contributed by atoms with Crippen molar-refractivity contribution in [3.05, 3.63) is 46.1 Å². The third-order valence-electron chi connectivity index (χ3n) is 5.12. The number of aromatic nitrogens is 1. The molecule has 0 aliphatic heterocycles. The Labute approximate surface area is 158 Å². The van der Waals surface area contributed by atoms with Gasteiger partial charge in [0.1, 0.15) is 16.8 Å². The van der Waals surface area contributed by atoms with Crippen LogP contribution in [0.25, 0.3) is 17.0 Å². The number of aryl methyl sites for hydroxylation is 1. The number of para-hydroxylation sites is 1. The number of carbonyl (C=O) groups excluding carboxylic acids is 1. The molecule has 5 heteroatoms. The first-order valence-electron chi connectivity index (χ1n) is 8.98. The van der Waals surface area contributed by atoms with Crippen molar-refractivity contribution < 1.29 is 4.79 Å². The molecule has 1 N–H and O–H groups in total. The van der Waals surface area contributed by atoms with Gasteiger partial charge in [-0.25, -0.2) is 4.98 Å². The average molecular weight is 368 g/mol. The lowest BCUT2D eigenvalue weighted by atomic mass is 9.86. The molecule has 2 atom stereocenters. The molecule has 0 spiro atoms. The van der Waals surface area contributed by atoms with E-state index in [1.165, 1.54) is 12.5 Å². The van der Waals surface area contributed by atoms with Crippen molar-refractivity contribution in [3.8, 4) is 6.07 Å². The Bertz CT molecular complexity index is 913. The molecule has 134 valence electrons. The molecule has 4 nitrogen and oxygen atoms in total. The second-order valence-corrected chi connectivity index (χ2v) is 7.38. The van der Waals surface area contributed by atoms with Crippen LogP contribution in [-0.2, 0) is 4.79 Å². The van der Waals surface area contributed by atoms with E-state index in [1.807, 2.05) is 37.3 Å². The van der Waals surface area contributed by atoms with Gasteiger partial charge in [0.15, 0.2) is 0 Å². The summed E-state index contributed by atoms with van der Waals surface area (Å²) < 4.78 is 0. The van der Waals surface area contributed by atoms with Crippen LogP contribution in [0, 0.1) is 24.2 Å². The minimum Gasteiger partial charge on any atom is -0.348 e. The van der Waals surface area contributed by atoms with Gasteiger partial charge in [0, 0.05) is 17.0 Å². The Balaban J connectivity index is 1.89. The van der Waals surface area contributed by atoms with Crippen LogP contribution in [0.1, 0.15) is 43.7 Å². The number of hydrogen-bond donors (Lipinski definition) is 1. The van der Waals surface area contributed by atoms with Crippen molar-refractivity contribution >= 4 is 34.5 Å². The van der Waals surface area contributed by atoms with Gasteiger partial charge >= 0.3 is 0 Å². The zero-order chi connectivity index (χ0) is 18.7. The molecule has 1 fully saturated rings. The smallest absolute Gasteiger partial charge is 0.262 e. The Kier molecular flexibility index (Phi) is 5.58. The first kappa shape index (κ1) is 18.4. The summed E-state index contributed by atoms with van der Waals surface area (Å²) in [7, 11) is 0. The van der Waals surface area contributed by atoms with Gasteiger partial charge in [0.05, 0.1) is 5.52 Å². The summed E-state index contributed by atoms with van der Waals surface area (Å²) in [5.74, 6) is 0.0909. The van der Waals surface area contributed by atoms with Crippen molar-refractivity contribution in [1.29, 1.82) is 5.26 Å². The van der Waals surface area contributed by atoms with Gasteiger partial charge in [0.25, 0.3) is 5.91 Å². The number of nitrogens with one attached hydrogen (secondary N) is 1. The number of amides is 1. The third-order valence-corrected chi connectivity index (χ3v) is 5.42. The van der Waals surface area contributed by atoms with E-state index in [2.05, 4.69) is 17.2 Å². The number of benzene rings is 1. The predicted molar refractivity (Wildman–Crippen MR) is 105 cm³/mol. The van der Waals surface area contributed by atoms with Crippen molar-refractivity contribution in [2.45, 2.75) is 45.6 Å². The van der Waals surface area contributed by atoms with Gasteiger partial charge < -0.3 is 5.32 Å². The van der Waals surface area contributed by atoms with Crippen LogP contribution in [0.4, 0.5) is 0 Å². The molecular weight excluding hydrogens is 346 g/mol. The molecule has 0 saturated heterocycles. The van der Waals surface area contributed by atoms with Crippen LogP contribution in [0.2, 0.25) is 5.15 Å². The van der Waals surface area contributed by atoms with Crippen LogP contribution in [0.5, 0.6) is 0 Å². The van der Waals surface area contributed by atoms with Crippen molar-refractivity contribution in [3.63, 3.8) is 0 Å². The molecule has 3 rings (SSSR count). The van der Waals surface area contributed by atoms with Crippen LogP contribution in [-0.4, -0.2) is 16.9 Å². The molecule has 1 aromatic heterocycles. The van der Waals surface area contributed by atoms with Gasteiger partial charge in [-0.3, -0.25) is 4.79 Å². The lowest BCUT2D eigenvalue weighted by Crippen LogP contribution is -2.41. The fraction of sp³-hybridized carbons (Fsp3) is 0.381. The van der Waals surface area contributed by atoms with Gasteiger partial charge in [-0.15, -0.1) is 0 Å². The molecule has 26 heavy (non-hydrogen) atoms. The minimum atomic E-state index is -0.341. The molecule has 1 amide bonds. The standard InChI is InChI=1S/C21H22ClN3O/c1-13-6-3-4-9-18(13)24-21(26)17(12-23)11-16-10-15-8-5-7-14(2)19(15)25-20(16)22/h5,7-8,10-11,13,18H,3-4,6,9H2,1-2H3,(H,24,26)/b17-11+/t13-,18-/m0/s1. The summed E-state index contributed by atoms with van der Waals surface area (Å²) in [5, 5.41) is 13.7. The fourth-order valence-electron chi connectivity index (χ4n) is 3.52. The number of hydrogen-bond acceptors (Lipinski definition) is 3. The second-order valence-electron chi connectivity index (χ2n) is 7.03. The largest absolute Gasteiger partial charge is 0.348 e. The zero-order valence-electron chi connectivity index (χ0n) is 15.1. The lowest BCUT2D eigenvalue weighted by molar-refractivity contribution is -0.118. The zero-order valence-corrected chi connectivity index (χ0v) is 15.8. The summed E-state index contributed by atoms with van der Waals surface area (Å²) in [4.78, 5) is 17.0. The quantitative estimate of drug-likeness (QED) is 0.481. The van der Waals surface area contributed by atoms with E-state index < -0.39 is 0 Å². The molecule has 1 saturated carbocycles. The molecule has 0 radical (unpaired) electrons. The highest BCUT2D eigenvalue weighted by Gasteiger charge is 2.24. The monoisotopic (exact) mass is 367 g/mol. The van der Waals surface area contributed by atoms with Crippen LogP contribution in [0.15, 0.2) is 29.8 Å². The molecule has 1 aromatic carbocycles. The lowest BCUT2D eigenvalue weighted by Gasteiger charge is -2.29. The third kappa shape index (κ3) is 3.89. The van der Waals surface area contributed by atoms with E-state index >= 15 is 0 Å². The minimum absolute atomic E-state index is 0.0541. The van der Waals surface area contributed by atoms with E-state index in [-0.39, 0.29) is 17.5 Å². The number of rotatable bonds is 3. The normalized spacial score (nSPS) is 20.6. The summed E-state index contributed by atoms with van der Waals surface area (Å²) >= 11 is 6.30. The summed E-state index contributed by atoms with van der Waals surface area (Å²) in [5.41, 5.74) is 2.49. The first-order valence-corrected chi connectivity index (χ1v) is 9.36. The number of carbonyl (C=O) groups is 1. The number of nitrogens with zero attached hydrogens (tertiary/aromatic N) is 2. The van der Waals surface area contributed by atoms with Crippen molar-refractivity contribution in [2.24, 2.45) is 5.92 Å². The number of halogens is 1. The number of nitriles is 1. The molecule has 1 aliphatic rings. The maximum atomic E-state index is 12.6. The second kappa shape index (κ2) is 7.88. The summed E-state index contributed by atoms with van der Waals surface area (Å²) in [6, 6.07) is 9.86. The Morgan fingerprint density at radius 3 is 2.88 bits per heavy atom. The Hall–Kier alpha value is -2.38.